The highest BCUT2D eigenvalue weighted by Gasteiger charge is 2.44. The third-order valence-corrected chi connectivity index (χ3v) is 10.0. The standard InChI is InChI=1S/C36H37F2N9O2/c1-6-30(48)45-16-21(3)46(17-20(45)2)34-26-15-28(38)32-31-23(9-7-11-27(31)37)18-44-19-24(41-42-44)13-14-43(5)29-12-8-10-25-22(4)49-36(40-34)47(33(25)29)35(26)39-32/h6-12,15,19-22,36H,1,13-14,16-18H2,2-5H3/t20-,21+,22?,36?/m1/s1. The number of fused-ring (bicyclic) bond motifs is 5. The van der Waals surface area contributed by atoms with Gasteiger partial charge in [0.25, 0.3) is 0 Å². The minimum atomic E-state index is -0.838. The van der Waals surface area contributed by atoms with Gasteiger partial charge in [0.1, 0.15) is 29.0 Å². The first-order valence-electron chi connectivity index (χ1n) is 16.6. The van der Waals surface area contributed by atoms with Crippen molar-refractivity contribution >= 4 is 28.9 Å². The molecule has 2 aromatic carbocycles. The van der Waals surface area contributed by atoms with Crippen molar-refractivity contribution in [1.29, 1.82) is 0 Å². The van der Waals surface area contributed by atoms with Gasteiger partial charge in [-0.3, -0.25) is 9.69 Å². The zero-order valence-corrected chi connectivity index (χ0v) is 27.8. The monoisotopic (exact) mass is 665 g/mol. The topological polar surface area (TPSA) is 95.2 Å². The molecule has 6 heterocycles. The fourth-order valence-corrected chi connectivity index (χ4v) is 7.50. The van der Waals surface area contributed by atoms with Crippen molar-refractivity contribution in [3.8, 4) is 11.3 Å². The number of rotatable bonds is 1. The van der Waals surface area contributed by atoms with Gasteiger partial charge in [-0.05, 0) is 50.6 Å². The van der Waals surface area contributed by atoms with Gasteiger partial charge in [-0.1, -0.05) is 36.1 Å². The number of pyridine rings is 1. The lowest BCUT2D eigenvalue weighted by atomic mass is 9.98. The van der Waals surface area contributed by atoms with Crippen molar-refractivity contribution in [2.24, 2.45) is 4.99 Å². The van der Waals surface area contributed by atoms with E-state index >= 15 is 8.78 Å². The molecule has 0 saturated carbocycles. The van der Waals surface area contributed by atoms with E-state index in [1.165, 1.54) is 18.2 Å². The minimum Gasteiger partial charge on any atom is -0.373 e. The zero-order chi connectivity index (χ0) is 34.1. The maximum Gasteiger partial charge on any atom is 0.246 e. The van der Waals surface area contributed by atoms with Crippen molar-refractivity contribution in [3.05, 3.63) is 95.3 Å². The molecule has 0 radical (unpaired) electrons. The number of anilines is 3. The Morgan fingerprint density at radius 3 is 2.69 bits per heavy atom. The average molecular weight is 666 g/mol. The number of carbonyl (C=O) groups excluding carboxylic acids is 1. The number of nitrogens with zero attached hydrogens (tertiary/aromatic N) is 9. The predicted octanol–water partition coefficient (Wildman–Crippen LogP) is 5.04. The number of amides is 1. The van der Waals surface area contributed by atoms with Crippen LogP contribution in [0.15, 0.2) is 66.3 Å². The van der Waals surface area contributed by atoms with Gasteiger partial charge in [-0.2, -0.15) is 0 Å². The van der Waals surface area contributed by atoms with Crippen molar-refractivity contribution in [2.75, 3.05) is 36.5 Å². The molecule has 1 fully saturated rings. The second kappa shape index (κ2) is 11.8. The van der Waals surface area contributed by atoms with E-state index < -0.39 is 18.0 Å². The maximum absolute atomic E-state index is 16.6. The zero-order valence-electron chi connectivity index (χ0n) is 27.8. The van der Waals surface area contributed by atoms with Crippen LogP contribution >= 0.6 is 0 Å². The van der Waals surface area contributed by atoms with E-state index in [2.05, 4.69) is 26.7 Å². The lowest BCUT2D eigenvalue weighted by molar-refractivity contribution is -0.130. The Kier molecular flexibility index (Phi) is 7.47. The summed E-state index contributed by atoms with van der Waals surface area (Å²) in [5.41, 5.74) is 4.41. The Bertz CT molecular complexity index is 2030. The Morgan fingerprint density at radius 1 is 1.06 bits per heavy atom. The van der Waals surface area contributed by atoms with Gasteiger partial charge in [0.05, 0.1) is 35.3 Å². The molecule has 11 nitrogen and oxygen atoms in total. The van der Waals surface area contributed by atoms with Crippen molar-refractivity contribution in [3.63, 3.8) is 0 Å². The number of halogens is 2. The number of carbonyl (C=O) groups is 1. The van der Waals surface area contributed by atoms with Crippen LogP contribution in [0.25, 0.3) is 11.3 Å². The molecule has 4 aliphatic rings. The molecule has 4 aromatic rings. The number of hydrogen-bond donors (Lipinski definition) is 0. The van der Waals surface area contributed by atoms with Crippen LogP contribution in [-0.2, 0) is 22.5 Å². The molecule has 1 amide bonds. The highest BCUT2D eigenvalue weighted by atomic mass is 19.1. The third kappa shape index (κ3) is 5.06. The van der Waals surface area contributed by atoms with E-state index in [0.29, 0.717) is 48.8 Å². The third-order valence-electron chi connectivity index (χ3n) is 10.0. The molecule has 8 rings (SSSR count). The van der Waals surface area contributed by atoms with Crippen LogP contribution in [0.2, 0.25) is 0 Å². The van der Waals surface area contributed by atoms with E-state index in [4.69, 9.17) is 14.7 Å². The van der Waals surface area contributed by atoms with Gasteiger partial charge < -0.3 is 19.4 Å². The lowest BCUT2D eigenvalue weighted by Gasteiger charge is -2.48. The van der Waals surface area contributed by atoms with E-state index in [0.717, 1.165) is 22.6 Å². The number of piperazine rings is 1. The van der Waals surface area contributed by atoms with Crippen LogP contribution in [-0.4, -0.2) is 86.6 Å². The molecule has 0 aliphatic carbocycles. The van der Waals surface area contributed by atoms with Crippen molar-refractivity contribution in [1.82, 2.24) is 29.8 Å². The summed E-state index contributed by atoms with van der Waals surface area (Å²) in [7, 11) is 2.02. The van der Waals surface area contributed by atoms with Crippen LogP contribution in [0, 0.1) is 11.6 Å². The second-order valence-corrected chi connectivity index (χ2v) is 13.2. The van der Waals surface area contributed by atoms with Crippen LogP contribution in [0.5, 0.6) is 0 Å². The number of amidine groups is 1. The number of hydrogen-bond acceptors (Lipinski definition) is 9. The van der Waals surface area contributed by atoms with Crippen LogP contribution in [0.4, 0.5) is 26.0 Å². The highest BCUT2D eigenvalue weighted by molar-refractivity contribution is 6.07. The Labute approximate surface area is 283 Å². The van der Waals surface area contributed by atoms with Crippen LogP contribution in [0.3, 0.4) is 0 Å². The first kappa shape index (κ1) is 31.1. The summed E-state index contributed by atoms with van der Waals surface area (Å²) >= 11 is 0. The van der Waals surface area contributed by atoms with Crippen LogP contribution < -0.4 is 9.80 Å². The SMILES string of the molecule is C=CC(=O)N1C[C@H](C)N(C2=NC3OC(C)c4cccc5c4N3c3nc(c(F)cc32)-c2c(F)cccc2Cn2cc(nn2)CCN5C)C[C@H]1C. The predicted molar refractivity (Wildman–Crippen MR) is 182 cm³/mol. The summed E-state index contributed by atoms with van der Waals surface area (Å²) < 4.78 is 40.8. The Hall–Kier alpha value is -5.17. The van der Waals surface area contributed by atoms with E-state index in [9.17, 15) is 4.79 Å². The second-order valence-electron chi connectivity index (χ2n) is 13.2. The number of ether oxygens (including phenoxy) is 1. The van der Waals surface area contributed by atoms with Gasteiger partial charge in [0.2, 0.25) is 12.3 Å². The number of para-hydroxylation sites is 1. The first-order valence-corrected chi connectivity index (χ1v) is 16.6. The molecule has 1 saturated heterocycles. The summed E-state index contributed by atoms with van der Waals surface area (Å²) in [6.07, 6.45) is 2.63. The van der Waals surface area contributed by atoms with Crippen molar-refractivity contribution < 1.29 is 18.3 Å². The summed E-state index contributed by atoms with van der Waals surface area (Å²) in [4.78, 5) is 30.8. The summed E-state index contributed by atoms with van der Waals surface area (Å²) in [6.45, 7) is 11.3. The molecular weight excluding hydrogens is 628 g/mol. The largest absolute Gasteiger partial charge is 0.373 e. The van der Waals surface area contributed by atoms with Gasteiger partial charge in [0.15, 0.2) is 0 Å². The van der Waals surface area contributed by atoms with E-state index in [-0.39, 0.29) is 41.9 Å². The summed E-state index contributed by atoms with van der Waals surface area (Å²) in [6, 6.07) is 11.8. The summed E-state index contributed by atoms with van der Waals surface area (Å²) in [5.74, 6) is -0.487. The molecule has 4 bridgehead atoms. The quantitative estimate of drug-likeness (QED) is 0.261. The molecule has 2 unspecified atom stereocenters. The smallest absolute Gasteiger partial charge is 0.246 e. The molecule has 4 atom stereocenters. The molecule has 252 valence electrons. The molecule has 0 N–H and O–H groups in total. The molecule has 49 heavy (non-hydrogen) atoms. The van der Waals surface area contributed by atoms with E-state index in [1.807, 2.05) is 57.1 Å². The molecule has 0 spiro atoms. The van der Waals surface area contributed by atoms with Gasteiger partial charge in [-0.25, -0.2) is 23.4 Å². The molecule has 2 aromatic heterocycles. The molecular formula is C36H37F2N9O2. The van der Waals surface area contributed by atoms with E-state index in [1.54, 1.807) is 21.7 Å². The number of benzene rings is 2. The number of likely N-dealkylation sites (N-methyl/N-ethyl adjacent to an activating group) is 1. The Balaban J connectivity index is 1.37. The maximum atomic E-state index is 16.6. The molecule has 13 heteroatoms. The fourth-order valence-electron chi connectivity index (χ4n) is 7.50. The minimum absolute atomic E-state index is 0.0609. The van der Waals surface area contributed by atoms with Gasteiger partial charge in [0, 0.05) is 62.5 Å². The van der Waals surface area contributed by atoms with Gasteiger partial charge >= 0.3 is 0 Å². The number of aliphatic imine (C=N–C) groups is 1. The lowest BCUT2D eigenvalue weighted by Crippen LogP contribution is -2.60. The highest BCUT2D eigenvalue weighted by Crippen LogP contribution is 2.49. The first-order chi connectivity index (χ1) is 23.6. The van der Waals surface area contributed by atoms with Crippen LogP contribution in [0.1, 0.15) is 49.3 Å². The average Bonchev–Trinajstić information content (AvgIpc) is 3.54. The fraction of sp³-hybridized carbons (Fsp3) is 0.361. The normalized spacial score (nSPS) is 22.9. The number of aromatic nitrogens is 4. The van der Waals surface area contributed by atoms with Gasteiger partial charge in [-0.15, -0.1) is 5.10 Å². The summed E-state index contributed by atoms with van der Waals surface area (Å²) in [5, 5.41) is 8.67. The Morgan fingerprint density at radius 2 is 1.88 bits per heavy atom. The van der Waals surface area contributed by atoms with Crippen molar-refractivity contribution in [2.45, 2.75) is 58.3 Å². The molecule has 4 aliphatic heterocycles.